The van der Waals surface area contributed by atoms with Gasteiger partial charge in [-0.1, -0.05) is 0 Å². The molecule has 21 heavy (non-hydrogen) atoms. The van der Waals surface area contributed by atoms with Crippen molar-refractivity contribution in [1.82, 2.24) is 10.6 Å². The molecule has 1 aliphatic rings. The Hall–Kier alpha value is -0.430. The lowest BCUT2D eigenvalue weighted by molar-refractivity contribution is 0.550. The Morgan fingerprint density at radius 3 is 2.52 bits per heavy atom. The van der Waals surface area contributed by atoms with Gasteiger partial charge in [-0.2, -0.15) is 11.8 Å². The highest BCUT2D eigenvalue weighted by atomic mass is 32.2. The molecule has 7 heteroatoms. The SMILES string of the molecule is CCNC(=NCC1(CS(C)(=O)=O)CC1)NCCCCSC. The molecule has 0 bridgehead atoms. The third-order valence-corrected chi connectivity index (χ3v) is 5.34. The molecule has 0 aliphatic heterocycles. The van der Waals surface area contributed by atoms with Gasteiger partial charge in [-0.3, -0.25) is 4.99 Å². The van der Waals surface area contributed by atoms with Crippen LogP contribution in [-0.2, 0) is 9.84 Å². The van der Waals surface area contributed by atoms with E-state index in [2.05, 4.69) is 21.9 Å². The van der Waals surface area contributed by atoms with E-state index >= 15 is 0 Å². The number of sulfone groups is 1. The predicted octanol–water partition coefficient (Wildman–Crippen LogP) is 1.51. The van der Waals surface area contributed by atoms with Gasteiger partial charge in [-0.25, -0.2) is 8.42 Å². The van der Waals surface area contributed by atoms with Crippen LogP contribution >= 0.6 is 11.8 Å². The van der Waals surface area contributed by atoms with Gasteiger partial charge in [0.1, 0.15) is 9.84 Å². The number of unbranched alkanes of at least 4 members (excludes halogenated alkanes) is 1. The summed E-state index contributed by atoms with van der Waals surface area (Å²) in [5, 5.41) is 6.54. The van der Waals surface area contributed by atoms with Crippen molar-refractivity contribution in [1.29, 1.82) is 0 Å². The molecule has 1 aliphatic carbocycles. The number of thioether (sulfide) groups is 1. The van der Waals surface area contributed by atoms with E-state index < -0.39 is 9.84 Å². The maximum atomic E-state index is 11.4. The van der Waals surface area contributed by atoms with Crippen molar-refractivity contribution in [2.45, 2.75) is 32.6 Å². The van der Waals surface area contributed by atoms with Crippen LogP contribution in [0.5, 0.6) is 0 Å². The number of hydrogen-bond donors (Lipinski definition) is 2. The van der Waals surface area contributed by atoms with Gasteiger partial charge in [0.2, 0.25) is 0 Å². The summed E-state index contributed by atoms with van der Waals surface area (Å²) in [5.41, 5.74) is -0.102. The van der Waals surface area contributed by atoms with Crippen LogP contribution in [0.1, 0.15) is 32.6 Å². The number of hydrogen-bond acceptors (Lipinski definition) is 4. The molecule has 0 saturated heterocycles. The molecule has 1 fully saturated rings. The van der Waals surface area contributed by atoms with E-state index in [1.807, 2.05) is 18.7 Å². The molecule has 1 rings (SSSR count). The topological polar surface area (TPSA) is 70.6 Å². The summed E-state index contributed by atoms with van der Waals surface area (Å²) in [7, 11) is -2.92. The summed E-state index contributed by atoms with van der Waals surface area (Å²) in [5.74, 6) is 2.25. The maximum absolute atomic E-state index is 11.4. The zero-order valence-electron chi connectivity index (χ0n) is 13.4. The van der Waals surface area contributed by atoms with Crippen molar-refractivity contribution in [3.63, 3.8) is 0 Å². The van der Waals surface area contributed by atoms with E-state index in [4.69, 9.17) is 0 Å². The van der Waals surface area contributed by atoms with Crippen molar-refractivity contribution in [2.75, 3.05) is 43.7 Å². The molecular weight excluding hydrogens is 306 g/mol. The van der Waals surface area contributed by atoms with Crippen LogP contribution in [0.4, 0.5) is 0 Å². The first kappa shape index (κ1) is 18.6. The molecule has 0 heterocycles. The first-order valence-electron chi connectivity index (χ1n) is 7.60. The quantitative estimate of drug-likeness (QED) is 0.360. The van der Waals surface area contributed by atoms with Gasteiger partial charge in [0.15, 0.2) is 5.96 Å². The number of aliphatic imine (C=N–C) groups is 1. The van der Waals surface area contributed by atoms with Gasteiger partial charge < -0.3 is 10.6 Å². The van der Waals surface area contributed by atoms with Gasteiger partial charge in [-0.15, -0.1) is 0 Å². The Labute approximate surface area is 133 Å². The van der Waals surface area contributed by atoms with Gasteiger partial charge in [-0.05, 0) is 44.6 Å². The third kappa shape index (κ3) is 8.56. The Kier molecular flexibility index (Phi) is 7.87. The maximum Gasteiger partial charge on any atom is 0.191 e. The Morgan fingerprint density at radius 2 is 2.00 bits per heavy atom. The number of guanidine groups is 1. The van der Waals surface area contributed by atoms with Gasteiger partial charge >= 0.3 is 0 Å². The monoisotopic (exact) mass is 335 g/mol. The molecule has 0 unspecified atom stereocenters. The standard InChI is InChI=1S/C14H29N3O2S2/c1-4-15-13(16-9-5-6-10-20-2)17-11-14(7-8-14)12-21(3,18)19/h4-12H2,1-3H3,(H2,15,16,17). The highest BCUT2D eigenvalue weighted by molar-refractivity contribution is 7.98. The minimum Gasteiger partial charge on any atom is -0.357 e. The van der Waals surface area contributed by atoms with Gasteiger partial charge in [0.25, 0.3) is 0 Å². The summed E-state index contributed by atoms with van der Waals surface area (Å²) in [6.07, 6.45) is 7.69. The Morgan fingerprint density at radius 1 is 1.29 bits per heavy atom. The lowest BCUT2D eigenvalue weighted by Crippen LogP contribution is -2.38. The molecule has 0 spiro atoms. The number of rotatable bonds is 10. The lowest BCUT2D eigenvalue weighted by atomic mass is 10.1. The molecule has 0 aromatic rings. The van der Waals surface area contributed by atoms with Crippen LogP contribution < -0.4 is 10.6 Å². The Bertz CT molecular complexity index is 432. The van der Waals surface area contributed by atoms with Crippen LogP contribution in [0.25, 0.3) is 0 Å². The first-order valence-corrected chi connectivity index (χ1v) is 11.0. The minimum atomic E-state index is -2.92. The summed E-state index contributed by atoms with van der Waals surface area (Å²) >= 11 is 1.87. The van der Waals surface area contributed by atoms with E-state index in [0.29, 0.717) is 6.54 Å². The smallest absolute Gasteiger partial charge is 0.191 e. The second-order valence-corrected chi connectivity index (χ2v) is 9.02. The van der Waals surface area contributed by atoms with Crippen molar-refractivity contribution >= 4 is 27.6 Å². The molecular formula is C14H29N3O2S2. The molecule has 0 aromatic heterocycles. The van der Waals surface area contributed by atoms with Crippen LogP contribution in [0.2, 0.25) is 0 Å². The van der Waals surface area contributed by atoms with E-state index in [-0.39, 0.29) is 11.2 Å². The first-order chi connectivity index (χ1) is 9.91. The van der Waals surface area contributed by atoms with Crippen molar-refractivity contribution in [3.8, 4) is 0 Å². The molecule has 5 nitrogen and oxygen atoms in total. The summed E-state index contributed by atoms with van der Waals surface area (Å²) in [6.45, 7) is 4.36. The highest BCUT2D eigenvalue weighted by Crippen LogP contribution is 2.46. The normalized spacial score (nSPS) is 17.6. The van der Waals surface area contributed by atoms with Crippen molar-refractivity contribution in [3.05, 3.63) is 0 Å². The molecule has 1 saturated carbocycles. The van der Waals surface area contributed by atoms with E-state index in [1.54, 1.807) is 0 Å². The molecule has 0 amide bonds. The van der Waals surface area contributed by atoms with Crippen LogP contribution in [0.3, 0.4) is 0 Å². The molecule has 2 N–H and O–H groups in total. The van der Waals surface area contributed by atoms with Crippen LogP contribution in [0.15, 0.2) is 4.99 Å². The largest absolute Gasteiger partial charge is 0.357 e. The third-order valence-electron chi connectivity index (χ3n) is 3.51. The molecule has 0 atom stereocenters. The fraction of sp³-hybridized carbons (Fsp3) is 0.929. The second kappa shape index (κ2) is 8.88. The van der Waals surface area contributed by atoms with E-state index in [0.717, 1.165) is 38.3 Å². The van der Waals surface area contributed by atoms with Crippen molar-refractivity contribution in [2.24, 2.45) is 10.4 Å². The molecule has 0 radical (unpaired) electrons. The van der Waals surface area contributed by atoms with E-state index in [9.17, 15) is 8.42 Å². The zero-order chi connectivity index (χ0) is 15.8. The fourth-order valence-electron chi connectivity index (χ4n) is 2.25. The second-order valence-electron chi connectivity index (χ2n) is 5.89. The number of nitrogens with one attached hydrogen (secondary N) is 2. The average Bonchev–Trinajstić information content (AvgIpc) is 3.13. The van der Waals surface area contributed by atoms with Gasteiger partial charge in [0, 0.05) is 31.3 Å². The summed E-state index contributed by atoms with van der Waals surface area (Å²) < 4.78 is 22.9. The van der Waals surface area contributed by atoms with Crippen LogP contribution in [0, 0.1) is 5.41 Å². The number of nitrogens with zero attached hydrogens (tertiary/aromatic N) is 1. The molecule has 0 aromatic carbocycles. The lowest BCUT2D eigenvalue weighted by Gasteiger charge is -2.14. The zero-order valence-corrected chi connectivity index (χ0v) is 15.1. The average molecular weight is 336 g/mol. The highest BCUT2D eigenvalue weighted by Gasteiger charge is 2.45. The Balaban J connectivity index is 2.41. The van der Waals surface area contributed by atoms with Gasteiger partial charge in [0.05, 0.1) is 5.75 Å². The molecule has 124 valence electrons. The summed E-state index contributed by atoms with van der Waals surface area (Å²) in [6, 6.07) is 0. The fourth-order valence-corrected chi connectivity index (χ4v) is 4.23. The van der Waals surface area contributed by atoms with Crippen LogP contribution in [-0.4, -0.2) is 58.0 Å². The van der Waals surface area contributed by atoms with E-state index in [1.165, 1.54) is 18.4 Å². The summed E-state index contributed by atoms with van der Waals surface area (Å²) in [4.78, 5) is 4.57. The predicted molar refractivity (Wildman–Crippen MR) is 93.0 cm³/mol. The van der Waals surface area contributed by atoms with Crippen molar-refractivity contribution < 1.29 is 8.42 Å². The minimum absolute atomic E-state index is 0.102.